The molecule has 0 spiro atoms. The van der Waals surface area contributed by atoms with Crippen LogP contribution in [-0.2, 0) is 27.8 Å². The number of hydrogen-bond donors (Lipinski definition) is 2. The first-order valence-electron chi connectivity index (χ1n) is 5.57. The Balaban J connectivity index is 2.86. The lowest BCUT2D eigenvalue weighted by Crippen LogP contribution is -2.05. The van der Waals surface area contributed by atoms with Crippen molar-refractivity contribution in [1.82, 2.24) is 0 Å². The van der Waals surface area contributed by atoms with Gasteiger partial charge in [0.2, 0.25) is 0 Å². The lowest BCUT2D eigenvalue weighted by molar-refractivity contribution is -0.137. The third kappa shape index (κ3) is 5.71. The zero-order chi connectivity index (χ0) is 15.2. The summed E-state index contributed by atoms with van der Waals surface area (Å²) in [4.78, 5) is 29.4. The first-order valence-corrected chi connectivity index (χ1v) is 8.19. The van der Waals surface area contributed by atoms with Gasteiger partial charge in [0.1, 0.15) is 11.5 Å². The van der Waals surface area contributed by atoms with E-state index in [0.717, 1.165) is 6.08 Å². The SMILES string of the molecule is C=CC(=O)OCCc1cc(OC)ccc1OP(O)(O)=S. The molecule has 8 heteroatoms. The molecule has 6 nitrogen and oxygen atoms in total. The molecule has 0 amide bonds. The van der Waals surface area contributed by atoms with Crippen molar-refractivity contribution in [2.45, 2.75) is 6.42 Å². The van der Waals surface area contributed by atoms with Crippen LogP contribution in [0.3, 0.4) is 0 Å². The predicted octanol–water partition coefficient (Wildman–Crippen LogP) is 1.55. The van der Waals surface area contributed by atoms with Gasteiger partial charge in [0.15, 0.2) is 0 Å². The smallest absolute Gasteiger partial charge is 0.375 e. The summed E-state index contributed by atoms with van der Waals surface area (Å²) in [7, 11) is 1.50. The summed E-state index contributed by atoms with van der Waals surface area (Å²) in [5, 5.41) is 0. The quantitative estimate of drug-likeness (QED) is 0.448. The Labute approximate surface area is 121 Å². The highest BCUT2D eigenvalue weighted by molar-refractivity contribution is 8.06. The van der Waals surface area contributed by atoms with Crippen molar-refractivity contribution in [3.05, 3.63) is 36.4 Å². The highest BCUT2D eigenvalue weighted by Gasteiger charge is 2.14. The molecule has 0 unspecified atom stereocenters. The summed E-state index contributed by atoms with van der Waals surface area (Å²) >= 11 is 4.43. The molecule has 0 radical (unpaired) electrons. The van der Waals surface area contributed by atoms with Crippen molar-refractivity contribution in [3.8, 4) is 11.5 Å². The van der Waals surface area contributed by atoms with Gasteiger partial charge in [0.05, 0.1) is 13.7 Å². The molecule has 110 valence electrons. The minimum absolute atomic E-state index is 0.0914. The normalized spacial score (nSPS) is 10.8. The molecular weight excluding hydrogens is 303 g/mol. The number of hydrogen-bond acceptors (Lipinski definition) is 5. The van der Waals surface area contributed by atoms with Crippen LogP contribution in [0.1, 0.15) is 5.56 Å². The minimum Gasteiger partial charge on any atom is -0.497 e. The minimum atomic E-state index is -3.83. The van der Waals surface area contributed by atoms with Crippen LogP contribution in [0, 0.1) is 0 Å². The first-order chi connectivity index (χ1) is 9.35. The van der Waals surface area contributed by atoms with Gasteiger partial charge in [-0.15, -0.1) is 0 Å². The first kappa shape index (κ1) is 16.7. The van der Waals surface area contributed by atoms with Crippen molar-refractivity contribution < 1.29 is 28.6 Å². The van der Waals surface area contributed by atoms with Crippen LogP contribution >= 0.6 is 6.72 Å². The lowest BCUT2D eigenvalue weighted by atomic mass is 10.1. The van der Waals surface area contributed by atoms with Gasteiger partial charge in [-0.25, -0.2) is 4.79 Å². The van der Waals surface area contributed by atoms with Crippen molar-refractivity contribution in [1.29, 1.82) is 0 Å². The fourth-order valence-corrected chi connectivity index (χ4v) is 2.09. The zero-order valence-electron chi connectivity index (χ0n) is 10.8. The van der Waals surface area contributed by atoms with Crippen LogP contribution in [0.25, 0.3) is 0 Å². The van der Waals surface area contributed by atoms with E-state index in [1.807, 2.05) is 0 Å². The summed E-state index contributed by atoms with van der Waals surface area (Å²) < 4.78 is 14.9. The fraction of sp³-hybridized carbons (Fsp3) is 0.250. The Hall–Kier alpha value is -1.40. The van der Waals surface area contributed by atoms with Crippen LogP contribution < -0.4 is 9.26 Å². The second-order valence-electron chi connectivity index (χ2n) is 3.68. The molecule has 1 aromatic carbocycles. The highest BCUT2D eigenvalue weighted by atomic mass is 32.5. The third-order valence-electron chi connectivity index (χ3n) is 2.27. The number of rotatable bonds is 7. The molecule has 0 aliphatic heterocycles. The van der Waals surface area contributed by atoms with Gasteiger partial charge in [0, 0.05) is 29.9 Å². The molecule has 20 heavy (non-hydrogen) atoms. The second-order valence-corrected chi connectivity index (χ2v) is 6.27. The molecule has 0 heterocycles. The van der Waals surface area contributed by atoms with Crippen LogP contribution in [-0.4, -0.2) is 29.5 Å². The van der Waals surface area contributed by atoms with Crippen LogP contribution in [0.15, 0.2) is 30.9 Å². The van der Waals surface area contributed by atoms with E-state index in [-0.39, 0.29) is 12.4 Å². The Kier molecular flexibility index (Phi) is 6.16. The van der Waals surface area contributed by atoms with E-state index >= 15 is 0 Å². The standard InChI is InChI=1S/C12H15O6PS/c1-3-12(13)17-7-6-9-8-10(16-2)4-5-11(9)18-19(14,15)20/h3-5,8H,1,6-7H2,2H3,(H2,14,15,20). The fourth-order valence-electron chi connectivity index (χ4n) is 1.42. The predicted molar refractivity (Wildman–Crippen MR) is 77.2 cm³/mol. The molecule has 1 aromatic rings. The van der Waals surface area contributed by atoms with E-state index in [0.29, 0.717) is 17.7 Å². The van der Waals surface area contributed by atoms with Crippen molar-refractivity contribution in [2.24, 2.45) is 0 Å². The van der Waals surface area contributed by atoms with E-state index in [1.165, 1.54) is 13.2 Å². The third-order valence-corrected chi connectivity index (χ3v) is 2.93. The maximum atomic E-state index is 11.0. The number of ether oxygens (including phenoxy) is 2. The van der Waals surface area contributed by atoms with Gasteiger partial charge >= 0.3 is 12.7 Å². The molecule has 1 rings (SSSR count). The Morgan fingerprint density at radius 2 is 2.20 bits per heavy atom. The number of benzene rings is 1. The Bertz CT molecular complexity index is 539. The number of carbonyl (C=O) groups excluding carboxylic acids is 1. The summed E-state index contributed by atoms with van der Waals surface area (Å²) in [6, 6.07) is 4.75. The molecule has 0 aliphatic carbocycles. The van der Waals surface area contributed by atoms with Crippen molar-refractivity contribution in [3.63, 3.8) is 0 Å². The topological polar surface area (TPSA) is 85.2 Å². The molecule has 0 bridgehead atoms. The molecule has 2 N–H and O–H groups in total. The molecule has 0 fully saturated rings. The largest absolute Gasteiger partial charge is 0.497 e. The second kappa shape index (κ2) is 7.40. The van der Waals surface area contributed by atoms with E-state index in [2.05, 4.69) is 18.4 Å². The van der Waals surface area contributed by atoms with Gasteiger partial charge in [-0.05, 0) is 18.2 Å². The maximum absolute atomic E-state index is 11.0. The summed E-state index contributed by atoms with van der Waals surface area (Å²) in [5.74, 6) is 0.241. The van der Waals surface area contributed by atoms with Gasteiger partial charge in [-0.2, -0.15) is 0 Å². The molecule has 0 aromatic heterocycles. The van der Waals surface area contributed by atoms with Crippen LogP contribution in [0.5, 0.6) is 11.5 Å². The van der Waals surface area contributed by atoms with E-state index in [4.69, 9.17) is 14.0 Å². The van der Waals surface area contributed by atoms with Crippen molar-refractivity contribution in [2.75, 3.05) is 13.7 Å². The van der Waals surface area contributed by atoms with Gasteiger partial charge in [-0.3, -0.25) is 0 Å². The van der Waals surface area contributed by atoms with Gasteiger partial charge in [0.25, 0.3) is 0 Å². The zero-order valence-corrected chi connectivity index (χ0v) is 12.5. The monoisotopic (exact) mass is 318 g/mol. The molecular formula is C12H15O6PS. The van der Waals surface area contributed by atoms with Gasteiger partial charge in [-0.1, -0.05) is 6.58 Å². The highest BCUT2D eigenvalue weighted by Crippen LogP contribution is 2.40. The summed E-state index contributed by atoms with van der Waals surface area (Å²) in [5.41, 5.74) is 0.582. The Morgan fingerprint density at radius 1 is 1.50 bits per heavy atom. The molecule has 0 aliphatic rings. The number of esters is 1. The maximum Gasteiger partial charge on any atom is 0.375 e. The average Bonchev–Trinajstić information content (AvgIpc) is 2.38. The average molecular weight is 318 g/mol. The van der Waals surface area contributed by atoms with E-state index in [9.17, 15) is 14.6 Å². The van der Waals surface area contributed by atoms with Crippen LogP contribution in [0.4, 0.5) is 0 Å². The Morgan fingerprint density at radius 3 is 2.75 bits per heavy atom. The summed E-state index contributed by atoms with van der Waals surface area (Å²) in [6.07, 6.45) is 1.37. The van der Waals surface area contributed by atoms with Gasteiger partial charge < -0.3 is 23.8 Å². The summed E-state index contributed by atoms with van der Waals surface area (Å²) in [6.45, 7) is -0.450. The molecule has 0 atom stereocenters. The number of carbonyl (C=O) groups is 1. The molecule has 0 saturated carbocycles. The number of methoxy groups -OCH3 is 1. The lowest BCUT2D eigenvalue weighted by Gasteiger charge is -2.15. The van der Waals surface area contributed by atoms with E-state index in [1.54, 1.807) is 12.1 Å². The molecule has 0 saturated heterocycles. The van der Waals surface area contributed by atoms with Crippen molar-refractivity contribution >= 4 is 24.5 Å². The van der Waals surface area contributed by atoms with Crippen LogP contribution in [0.2, 0.25) is 0 Å². The van der Waals surface area contributed by atoms with E-state index < -0.39 is 12.7 Å².